The average molecular weight is 224 g/mol. The first-order chi connectivity index (χ1) is 4.61. The van der Waals surface area contributed by atoms with Crippen molar-refractivity contribution < 1.29 is 9.90 Å². The lowest BCUT2D eigenvalue weighted by atomic mass is 10.4. The highest BCUT2D eigenvalue weighted by molar-refractivity contribution is 9.10. The van der Waals surface area contributed by atoms with Gasteiger partial charge in [0.1, 0.15) is 10.8 Å². The number of H-pyrrole nitrogens is 1. The van der Waals surface area contributed by atoms with Crippen molar-refractivity contribution in [2.45, 2.75) is 0 Å². The van der Waals surface area contributed by atoms with E-state index in [4.69, 9.17) is 16.7 Å². The number of aromatic amines is 1. The maximum Gasteiger partial charge on any atom is 0.352 e. The molecule has 10 heavy (non-hydrogen) atoms. The number of hydrogen-bond donors (Lipinski definition) is 2. The highest BCUT2D eigenvalue weighted by atomic mass is 79.9. The van der Waals surface area contributed by atoms with Gasteiger partial charge in [-0.3, -0.25) is 0 Å². The summed E-state index contributed by atoms with van der Waals surface area (Å²) in [7, 11) is 0. The van der Waals surface area contributed by atoms with Crippen LogP contribution in [0.2, 0.25) is 5.15 Å². The van der Waals surface area contributed by atoms with Crippen molar-refractivity contribution in [1.82, 2.24) is 4.98 Å². The van der Waals surface area contributed by atoms with E-state index in [9.17, 15) is 4.79 Å². The van der Waals surface area contributed by atoms with Gasteiger partial charge < -0.3 is 10.1 Å². The molecule has 54 valence electrons. The van der Waals surface area contributed by atoms with Gasteiger partial charge in [0, 0.05) is 0 Å². The SMILES string of the molecule is O=C(O)c1cc(Br)c(Cl)[nH]1. The van der Waals surface area contributed by atoms with E-state index in [-0.39, 0.29) is 5.69 Å². The van der Waals surface area contributed by atoms with Crippen LogP contribution in [0.5, 0.6) is 0 Å². The largest absolute Gasteiger partial charge is 0.477 e. The molecule has 1 aromatic heterocycles. The fourth-order valence-corrected chi connectivity index (χ4v) is 1.00. The van der Waals surface area contributed by atoms with E-state index >= 15 is 0 Å². The van der Waals surface area contributed by atoms with Crippen LogP contribution in [0.1, 0.15) is 10.5 Å². The molecule has 3 nitrogen and oxygen atoms in total. The molecule has 0 saturated carbocycles. The highest BCUT2D eigenvalue weighted by Crippen LogP contribution is 2.22. The molecule has 1 rings (SSSR count). The minimum Gasteiger partial charge on any atom is -0.477 e. The van der Waals surface area contributed by atoms with E-state index in [1.165, 1.54) is 6.07 Å². The van der Waals surface area contributed by atoms with Crippen LogP contribution in [0.15, 0.2) is 10.5 Å². The topological polar surface area (TPSA) is 53.1 Å². The lowest BCUT2D eigenvalue weighted by Gasteiger charge is -1.82. The zero-order chi connectivity index (χ0) is 7.72. The van der Waals surface area contributed by atoms with Gasteiger partial charge in [0.15, 0.2) is 0 Å². The van der Waals surface area contributed by atoms with Crippen LogP contribution in [0, 0.1) is 0 Å². The Bertz CT molecular complexity index is 251. The number of nitrogens with one attached hydrogen (secondary N) is 1. The van der Waals surface area contributed by atoms with Gasteiger partial charge in [-0.2, -0.15) is 0 Å². The second-order valence-corrected chi connectivity index (χ2v) is 2.88. The standard InChI is InChI=1S/C5H3BrClNO2/c6-2-1-3(5(9)10)8-4(2)7/h1,8H,(H,9,10). The smallest absolute Gasteiger partial charge is 0.352 e. The second-order valence-electron chi connectivity index (χ2n) is 1.65. The zero-order valence-corrected chi connectivity index (χ0v) is 7.03. The fraction of sp³-hybridized carbons (Fsp3) is 0. The molecular formula is C5H3BrClNO2. The van der Waals surface area contributed by atoms with E-state index in [1.54, 1.807) is 0 Å². The molecule has 0 aliphatic carbocycles. The number of aromatic carboxylic acids is 1. The molecule has 5 heteroatoms. The number of rotatable bonds is 1. The summed E-state index contributed by atoms with van der Waals surface area (Å²) in [6.45, 7) is 0. The molecule has 1 heterocycles. The van der Waals surface area contributed by atoms with Crippen molar-refractivity contribution >= 4 is 33.5 Å². The van der Waals surface area contributed by atoms with Gasteiger partial charge in [-0.1, -0.05) is 11.6 Å². The van der Waals surface area contributed by atoms with Crippen LogP contribution in [-0.2, 0) is 0 Å². The second kappa shape index (κ2) is 2.64. The first-order valence-electron chi connectivity index (χ1n) is 2.38. The van der Waals surface area contributed by atoms with Crippen LogP contribution in [0.4, 0.5) is 0 Å². The van der Waals surface area contributed by atoms with Gasteiger partial charge in [-0.05, 0) is 22.0 Å². The minimum absolute atomic E-state index is 0.0804. The number of hydrogen-bond acceptors (Lipinski definition) is 1. The molecular weight excluding hydrogens is 221 g/mol. The van der Waals surface area contributed by atoms with Crippen LogP contribution in [0.3, 0.4) is 0 Å². The van der Waals surface area contributed by atoms with Crippen molar-refractivity contribution in [3.63, 3.8) is 0 Å². The van der Waals surface area contributed by atoms with Gasteiger partial charge in [-0.25, -0.2) is 4.79 Å². The van der Waals surface area contributed by atoms with Gasteiger partial charge in [-0.15, -0.1) is 0 Å². The zero-order valence-electron chi connectivity index (χ0n) is 4.69. The van der Waals surface area contributed by atoms with Crippen molar-refractivity contribution in [1.29, 1.82) is 0 Å². The lowest BCUT2D eigenvalue weighted by Crippen LogP contribution is -1.94. The van der Waals surface area contributed by atoms with E-state index in [0.717, 1.165) is 0 Å². The number of aromatic nitrogens is 1. The normalized spacial score (nSPS) is 9.80. The first kappa shape index (κ1) is 7.63. The predicted octanol–water partition coefficient (Wildman–Crippen LogP) is 2.13. The quantitative estimate of drug-likeness (QED) is 0.768. The maximum absolute atomic E-state index is 10.3. The third kappa shape index (κ3) is 1.33. The van der Waals surface area contributed by atoms with Gasteiger partial charge in [0.05, 0.1) is 4.47 Å². The monoisotopic (exact) mass is 223 g/mol. The average Bonchev–Trinajstić information content (AvgIpc) is 2.13. The molecule has 0 radical (unpaired) electrons. The van der Waals surface area contributed by atoms with Crippen LogP contribution >= 0.6 is 27.5 Å². The summed E-state index contributed by atoms with van der Waals surface area (Å²) in [5.74, 6) is -1.02. The summed E-state index contributed by atoms with van der Waals surface area (Å²) in [6, 6.07) is 1.41. The molecule has 0 aromatic carbocycles. The molecule has 0 amide bonds. The molecule has 0 atom stereocenters. The molecule has 0 unspecified atom stereocenters. The third-order valence-electron chi connectivity index (χ3n) is 0.956. The van der Waals surface area contributed by atoms with E-state index in [2.05, 4.69) is 20.9 Å². The molecule has 0 aliphatic rings. The Kier molecular flexibility index (Phi) is 2.01. The van der Waals surface area contributed by atoms with Crippen molar-refractivity contribution in [2.24, 2.45) is 0 Å². The summed E-state index contributed by atoms with van der Waals surface area (Å²) in [6.07, 6.45) is 0. The van der Waals surface area contributed by atoms with E-state index in [1.807, 2.05) is 0 Å². The summed E-state index contributed by atoms with van der Waals surface area (Å²) >= 11 is 8.57. The Morgan fingerprint density at radius 1 is 1.80 bits per heavy atom. The molecule has 1 aromatic rings. The van der Waals surface area contributed by atoms with Crippen LogP contribution < -0.4 is 0 Å². The van der Waals surface area contributed by atoms with Crippen LogP contribution in [-0.4, -0.2) is 16.1 Å². The third-order valence-corrected chi connectivity index (χ3v) is 2.11. The summed E-state index contributed by atoms with van der Waals surface area (Å²) in [5, 5.41) is 8.72. The van der Waals surface area contributed by atoms with Crippen molar-refractivity contribution in [3.05, 3.63) is 21.4 Å². The first-order valence-corrected chi connectivity index (χ1v) is 3.55. The fourth-order valence-electron chi connectivity index (χ4n) is 0.519. The van der Waals surface area contributed by atoms with Crippen LogP contribution in [0.25, 0.3) is 0 Å². The Labute approximate surface area is 70.1 Å². The van der Waals surface area contributed by atoms with Crippen molar-refractivity contribution in [3.8, 4) is 0 Å². The molecule has 0 aliphatic heterocycles. The number of carbonyl (C=O) groups is 1. The Morgan fingerprint density at radius 3 is 2.60 bits per heavy atom. The number of halogens is 2. The van der Waals surface area contributed by atoms with Gasteiger partial charge in [0.25, 0.3) is 0 Å². The summed E-state index contributed by atoms with van der Waals surface area (Å²) in [5.41, 5.74) is 0.0804. The lowest BCUT2D eigenvalue weighted by molar-refractivity contribution is 0.0691. The number of carboxylic acid groups (broad SMARTS) is 1. The van der Waals surface area contributed by atoms with E-state index < -0.39 is 5.97 Å². The summed E-state index contributed by atoms with van der Waals surface area (Å²) < 4.78 is 0.562. The Balaban J connectivity index is 3.10. The molecule has 0 bridgehead atoms. The predicted molar refractivity (Wildman–Crippen MR) is 40.5 cm³/mol. The van der Waals surface area contributed by atoms with Gasteiger partial charge in [0.2, 0.25) is 0 Å². The maximum atomic E-state index is 10.3. The molecule has 2 N–H and O–H groups in total. The number of carboxylic acids is 1. The van der Waals surface area contributed by atoms with Crippen molar-refractivity contribution in [2.75, 3.05) is 0 Å². The van der Waals surface area contributed by atoms with E-state index in [0.29, 0.717) is 9.63 Å². The molecule has 0 fully saturated rings. The van der Waals surface area contributed by atoms with Gasteiger partial charge >= 0.3 is 5.97 Å². The minimum atomic E-state index is -1.02. The summed E-state index contributed by atoms with van der Waals surface area (Å²) in [4.78, 5) is 12.7. The molecule has 0 saturated heterocycles. The molecule has 0 spiro atoms. The Hall–Kier alpha value is -0.480. The highest BCUT2D eigenvalue weighted by Gasteiger charge is 2.08. The Morgan fingerprint density at radius 2 is 2.40 bits per heavy atom.